The topological polar surface area (TPSA) is 0 Å². The zero-order valence-electron chi connectivity index (χ0n) is 8.89. The standard InChI is InChI=1S/C14H9ISSe/c15-14-13(17-10-6-2-1-3-7-10)11-8-4-5-9-12(11)16-14/h1-9H. The fraction of sp³-hybridized carbons (Fsp3) is 0. The van der Waals surface area contributed by atoms with Crippen LogP contribution in [0.2, 0.25) is 0 Å². The zero-order chi connectivity index (χ0) is 11.7. The molecule has 17 heavy (non-hydrogen) atoms. The molecule has 0 aliphatic heterocycles. The average Bonchev–Trinajstić information content (AvgIpc) is 2.68. The van der Waals surface area contributed by atoms with E-state index < -0.39 is 0 Å². The Kier molecular flexibility index (Phi) is 3.52. The van der Waals surface area contributed by atoms with Crippen LogP contribution in [0.1, 0.15) is 0 Å². The number of hydrogen-bond donors (Lipinski definition) is 0. The van der Waals surface area contributed by atoms with E-state index in [1.165, 1.54) is 21.9 Å². The SMILES string of the molecule is Ic1sc2ccccc2c1[Se]c1ccccc1. The molecule has 0 N–H and O–H groups in total. The van der Waals surface area contributed by atoms with Gasteiger partial charge in [-0.25, -0.2) is 0 Å². The van der Waals surface area contributed by atoms with Gasteiger partial charge in [0.25, 0.3) is 0 Å². The van der Waals surface area contributed by atoms with Crippen LogP contribution < -0.4 is 8.92 Å². The van der Waals surface area contributed by atoms with E-state index in [9.17, 15) is 0 Å². The van der Waals surface area contributed by atoms with Crippen molar-refractivity contribution in [2.75, 3.05) is 0 Å². The van der Waals surface area contributed by atoms with E-state index in [4.69, 9.17) is 0 Å². The van der Waals surface area contributed by atoms with Crippen LogP contribution in [0.15, 0.2) is 54.6 Å². The van der Waals surface area contributed by atoms with Gasteiger partial charge in [-0.15, -0.1) is 0 Å². The maximum atomic E-state index is 2.47. The molecule has 0 atom stereocenters. The second kappa shape index (κ2) is 5.10. The van der Waals surface area contributed by atoms with Crippen molar-refractivity contribution >= 4 is 67.9 Å². The fourth-order valence-corrected chi connectivity index (χ4v) is 6.60. The number of fused-ring (bicyclic) bond motifs is 1. The van der Waals surface area contributed by atoms with Crippen molar-refractivity contribution < 1.29 is 0 Å². The van der Waals surface area contributed by atoms with Crippen molar-refractivity contribution in [3.63, 3.8) is 0 Å². The summed E-state index contributed by atoms with van der Waals surface area (Å²) in [6.07, 6.45) is 0. The number of halogens is 1. The normalized spacial score (nSPS) is 10.9. The number of hydrogen-bond acceptors (Lipinski definition) is 1. The van der Waals surface area contributed by atoms with Crippen LogP contribution in [0.5, 0.6) is 0 Å². The third kappa shape index (κ3) is 2.43. The molecule has 0 radical (unpaired) electrons. The molecule has 1 aromatic heterocycles. The molecule has 0 bridgehead atoms. The molecule has 0 saturated carbocycles. The van der Waals surface area contributed by atoms with E-state index in [2.05, 4.69) is 77.2 Å². The molecule has 0 saturated heterocycles. The first-order chi connectivity index (χ1) is 8.34. The Labute approximate surface area is 124 Å². The Balaban J connectivity index is 2.08. The summed E-state index contributed by atoms with van der Waals surface area (Å²) in [7, 11) is 0. The van der Waals surface area contributed by atoms with Gasteiger partial charge in [-0.3, -0.25) is 0 Å². The summed E-state index contributed by atoms with van der Waals surface area (Å²) >= 11 is 4.79. The Bertz CT molecular complexity index is 646. The minimum atomic E-state index is 0.414. The summed E-state index contributed by atoms with van der Waals surface area (Å²) in [5.74, 6) is 0. The number of benzene rings is 2. The van der Waals surface area contributed by atoms with E-state index in [0.29, 0.717) is 15.0 Å². The predicted molar refractivity (Wildman–Crippen MR) is 86.0 cm³/mol. The molecular formula is C14H9ISSe. The van der Waals surface area contributed by atoms with Crippen LogP contribution in [-0.2, 0) is 0 Å². The van der Waals surface area contributed by atoms with E-state index in [0.717, 1.165) is 0 Å². The maximum absolute atomic E-state index is 2.47. The van der Waals surface area contributed by atoms with E-state index in [-0.39, 0.29) is 0 Å². The molecule has 84 valence electrons. The average molecular weight is 415 g/mol. The molecule has 0 fully saturated rings. The molecule has 0 amide bonds. The summed E-state index contributed by atoms with van der Waals surface area (Å²) in [6, 6.07) is 19.5. The molecule has 0 spiro atoms. The second-order valence-electron chi connectivity index (χ2n) is 3.62. The molecule has 0 unspecified atom stereocenters. The summed E-state index contributed by atoms with van der Waals surface area (Å²) in [5.41, 5.74) is 0. The van der Waals surface area contributed by atoms with Gasteiger partial charge in [-0.05, 0) is 0 Å². The van der Waals surface area contributed by atoms with Crippen molar-refractivity contribution in [2.45, 2.75) is 0 Å². The first-order valence-corrected chi connectivity index (χ1v) is 8.85. The molecule has 3 heteroatoms. The van der Waals surface area contributed by atoms with Gasteiger partial charge in [0.05, 0.1) is 0 Å². The third-order valence-electron chi connectivity index (χ3n) is 2.47. The molecular weight excluding hydrogens is 406 g/mol. The van der Waals surface area contributed by atoms with E-state index >= 15 is 0 Å². The van der Waals surface area contributed by atoms with Crippen LogP contribution in [0.25, 0.3) is 10.1 Å². The van der Waals surface area contributed by atoms with Gasteiger partial charge in [-0.2, -0.15) is 0 Å². The van der Waals surface area contributed by atoms with Gasteiger partial charge in [0.2, 0.25) is 0 Å². The van der Waals surface area contributed by atoms with Gasteiger partial charge in [-0.1, -0.05) is 0 Å². The quantitative estimate of drug-likeness (QED) is 0.446. The first-order valence-electron chi connectivity index (χ1n) is 5.24. The molecule has 0 aliphatic rings. The third-order valence-corrected chi connectivity index (χ3v) is 8.13. The van der Waals surface area contributed by atoms with Crippen LogP contribution in [0.4, 0.5) is 0 Å². The second-order valence-corrected chi connectivity index (χ2v) is 8.75. The summed E-state index contributed by atoms with van der Waals surface area (Å²) in [5, 5.41) is 1.44. The van der Waals surface area contributed by atoms with Crippen LogP contribution in [0.3, 0.4) is 0 Å². The van der Waals surface area contributed by atoms with E-state index in [1.54, 1.807) is 0 Å². The minimum absolute atomic E-state index is 0.414. The van der Waals surface area contributed by atoms with Gasteiger partial charge in [0.15, 0.2) is 0 Å². The Morgan fingerprint density at radius 1 is 0.882 bits per heavy atom. The first kappa shape index (κ1) is 11.7. The Morgan fingerprint density at radius 3 is 2.41 bits per heavy atom. The van der Waals surface area contributed by atoms with Gasteiger partial charge in [0.1, 0.15) is 0 Å². The van der Waals surface area contributed by atoms with Crippen molar-refractivity contribution in [3.05, 3.63) is 57.5 Å². The van der Waals surface area contributed by atoms with Crippen molar-refractivity contribution in [1.82, 2.24) is 0 Å². The monoisotopic (exact) mass is 416 g/mol. The Morgan fingerprint density at radius 2 is 1.59 bits per heavy atom. The van der Waals surface area contributed by atoms with Crippen LogP contribution in [-0.4, -0.2) is 15.0 Å². The summed E-state index contributed by atoms with van der Waals surface area (Å²) in [4.78, 5) is 0. The van der Waals surface area contributed by atoms with Crippen molar-refractivity contribution in [2.24, 2.45) is 0 Å². The van der Waals surface area contributed by atoms with Crippen LogP contribution >= 0.6 is 33.9 Å². The Hall–Kier alpha value is -0.351. The van der Waals surface area contributed by atoms with Crippen molar-refractivity contribution in [1.29, 1.82) is 0 Å². The van der Waals surface area contributed by atoms with Crippen molar-refractivity contribution in [3.8, 4) is 0 Å². The van der Waals surface area contributed by atoms with Gasteiger partial charge >= 0.3 is 125 Å². The zero-order valence-corrected chi connectivity index (χ0v) is 13.6. The molecule has 0 nitrogen and oxygen atoms in total. The summed E-state index contributed by atoms with van der Waals surface area (Å²) < 4.78 is 5.82. The predicted octanol–water partition coefficient (Wildman–Crippen LogP) is 3.16. The van der Waals surface area contributed by atoms with Crippen LogP contribution in [0, 0.1) is 2.88 Å². The molecule has 1 heterocycles. The molecule has 0 aliphatic carbocycles. The molecule has 2 aromatic carbocycles. The molecule has 3 aromatic rings. The molecule has 3 rings (SSSR count). The van der Waals surface area contributed by atoms with E-state index in [1.807, 2.05) is 11.3 Å². The summed E-state index contributed by atoms with van der Waals surface area (Å²) in [6.45, 7) is 0. The van der Waals surface area contributed by atoms with Gasteiger partial charge < -0.3 is 0 Å². The number of thiophene rings is 1. The van der Waals surface area contributed by atoms with Gasteiger partial charge in [0, 0.05) is 0 Å². The number of rotatable bonds is 2. The fourth-order valence-electron chi connectivity index (χ4n) is 1.69.